The normalized spacial score (nSPS) is 14.8. The number of pyridine rings is 1. The maximum absolute atomic E-state index is 14.0. The lowest BCUT2D eigenvalue weighted by molar-refractivity contribution is 0.359. The number of halogens is 2. The van der Waals surface area contributed by atoms with Gasteiger partial charge in [0, 0.05) is 18.2 Å². The molecular weight excluding hydrogens is 251 g/mol. The van der Waals surface area contributed by atoms with Crippen LogP contribution in [0.15, 0.2) is 12.3 Å². The second-order valence-electron chi connectivity index (χ2n) is 5.03. The van der Waals surface area contributed by atoms with Gasteiger partial charge in [-0.15, -0.1) is 0 Å². The number of nitrogens with zero attached hydrogens (tertiary/aromatic N) is 1. The minimum absolute atomic E-state index is 0.0498. The van der Waals surface area contributed by atoms with Gasteiger partial charge in [0.15, 0.2) is 0 Å². The third-order valence-corrected chi connectivity index (χ3v) is 3.33. The zero-order chi connectivity index (χ0) is 13.7. The van der Waals surface area contributed by atoms with Gasteiger partial charge in [0.2, 0.25) is 0 Å². The highest BCUT2D eigenvalue weighted by molar-refractivity contribution is 6.30. The van der Waals surface area contributed by atoms with E-state index in [0.717, 1.165) is 13.0 Å². The summed E-state index contributed by atoms with van der Waals surface area (Å²) in [5.41, 5.74) is 0.505. The maximum Gasteiger partial charge on any atom is 0.146 e. The Kier molecular flexibility index (Phi) is 6.03. The van der Waals surface area contributed by atoms with Gasteiger partial charge in [-0.3, -0.25) is 4.98 Å². The van der Waals surface area contributed by atoms with Gasteiger partial charge in [-0.2, -0.15) is 0 Å². The maximum atomic E-state index is 14.0. The van der Waals surface area contributed by atoms with Crippen molar-refractivity contribution in [3.8, 4) is 0 Å². The first-order valence-corrected chi connectivity index (χ1v) is 6.89. The monoisotopic (exact) mass is 272 g/mol. The molecule has 18 heavy (non-hydrogen) atoms. The molecule has 1 aromatic rings. The number of aromatic nitrogens is 1. The quantitative estimate of drug-likeness (QED) is 0.847. The Morgan fingerprint density at radius 2 is 2.06 bits per heavy atom. The highest BCUT2D eigenvalue weighted by Crippen LogP contribution is 2.29. The zero-order valence-electron chi connectivity index (χ0n) is 11.5. The van der Waals surface area contributed by atoms with E-state index in [1.807, 2.05) is 0 Å². The van der Waals surface area contributed by atoms with Crippen LogP contribution in [-0.2, 0) is 0 Å². The van der Waals surface area contributed by atoms with E-state index in [1.54, 1.807) is 0 Å². The Bertz CT molecular complexity index is 382. The van der Waals surface area contributed by atoms with Crippen LogP contribution in [-0.4, -0.2) is 17.6 Å². The Labute approximate surface area is 114 Å². The molecule has 1 aromatic heterocycles. The van der Waals surface area contributed by atoms with Gasteiger partial charge < -0.3 is 5.32 Å². The van der Waals surface area contributed by atoms with Crippen molar-refractivity contribution < 1.29 is 4.39 Å². The second-order valence-corrected chi connectivity index (χ2v) is 5.47. The SMILES string of the molecule is CCCNC(C)C(c1ncc(Cl)cc1F)C(C)C. The van der Waals surface area contributed by atoms with Crippen LogP contribution >= 0.6 is 11.6 Å². The Morgan fingerprint density at radius 3 is 2.56 bits per heavy atom. The largest absolute Gasteiger partial charge is 0.314 e. The lowest BCUT2D eigenvalue weighted by atomic mass is 9.85. The molecule has 4 heteroatoms. The predicted molar refractivity (Wildman–Crippen MR) is 74.5 cm³/mol. The molecule has 1 N–H and O–H groups in total. The summed E-state index contributed by atoms with van der Waals surface area (Å²) in [6.07, 6.45) is 2.58. The molecule has 0 radical (unpaired) electrons. The zero-order valence-corrected chi connectivity index (χ0v) is 12.3. The molecule has 0 aliphatic heterocycles. The van der Waals surface area contributed by atoms with E-state index in [0.29, 0.717) is 16.6 Å². The Balaban J connectivity index is 2.97. The molecule has 0 bridgehead atoms. The van der Waals surface area contributed by atoms with Crippen LogP contribution in [0.5, 0.6) is 0 Å². The van der Waals surface area contributed by atoms with Crippen LogP contribution in [0.4, 0.5) is 4.39 Å². The first kappa shape index (κ1) is 15.4. The molecule has 0 aliphatic carbocycles. The van der Waals surface area contributed by atoms with Crippen LogP contribution in [0.1, 0.15) is 45.7 Å². The van der Waals surface area contributed by atoms with Gasteiger partial charge in [0.25, 0.3) is 0 Å². The average Bonchev–Trinajstić information content (AvgIpc) is 2.29. The summed E-state index contributed by atoms with van der Waals surface area (Å²) in [6.45, 7) is 9.30. The molecule has 2 unspecified atom stereocenters. The molecule has 0 saturated carbocycles. The van der Waals surface area contributed by atoms with E-state index < -0.39 is 0 Å². The summed E-state index contributed by atoms with van der Waals surface area (Å²) in [5, 5.41) is 3.76. The van der Waals surface area contributed by atoms with Gasteiger partial charge in [-0.25, -0.2) is 4.39 Å². The van der Waals surface area contributed by atoms with Crippen molar-refractivity contribution in [2.45, 2.75) is 46.1 Å². The smallest absolute Gasteiger partial charge is 0.146 e. The lowest BCUT2D eigenvalue weighted by Crippen LogP contribution is -2.36. The fraction of sp³-hybridized carbons (Fsp3) is 0.643. The fourth-order valence-electron chi connectivity index (χ4n) is 2.30. The topological polar surface area (TPSA) is 24.9 Å². The Hall–Kier alpha value is -0.670. The van der Waals surface area contributed by atoms with Crippen molar-refractivity contribution in [1.82, 2.24) is 10.3 Å². The number of nitrogens with one attached hydrogen (secondary N) is 1. The van der Waals surface area contributed by atoms with E-state index in [-0.39, 0.29) is 17.8 Å². The first-order valence-electron chi connectivity index (χ1n) is 6.51. The molecule has 0 fully saturated rings. The van der Waals surface area contributed by atoms with E-state index in [1.165, 1.54) is 12.3 Å². The van der Waals surface area contributed by atoms with Crippen molar-refractivity contribution in [2.75, 3.05) is 6.54 Å². The molecule has 1 rings (SSSR count). The molecule has 0 aromatic carbocycles. The van der Waals surface area contributed by atoms with Crippen LogP contribution in [0, 0.1) is 11.7 Å². The summed E-state index contributed by atoms with van der Waals surface area (Å²) >= 11 is 5.75. The third kappa shape index (κ3) is 3.92. The summed E-state index contributed by atoms with van der Waals surface area (Å²) in [4.78, 5) is 4.18. The van der Waals surface area contributed by atoms with Crippen LogP contribution in [0.3, 0.4) is 0 Å². The Morgan fingerprint density at radius 1 is 1.39 bits per heavy atom. The molecule has 1 heterocycles. The van der Waals surface area contributed by atoms with Crippen LogP contribution < -0.4 is 5.32 Å². The summed E-state index contributed by atoms with van der Waals surface area (Å²) in [7, 11) is 0. The highest BCUT2D eigenvalue weighted by Gasteiger charge is 2.26. The van der Waals surface area contributed by atoms with Gasteiger partial charge in [-0.1, -0.05) is 32.4 Å². The van der Waals surface area contributed by atoms with Gasteiger partial charge in [0.05, 0.1) is 10.7 Å². The van der Waals surface area contributed by atoms with E-state index in [4.69, 9.17) is 11.6 Å². The van der Waals surface area contributed by atoms with Crippen molar-refractivity contribution >= 4 is 11.6 Å². The van der Waals surface area contributed by atoms with Crippen molar-refractivity contribution in [3.63, 3.8) is 0 Å². The molecule has 0 aliphatic rings. The minimum Gasteiger partial charge on any atom is -0.314 e. The number of hydrogen-bond donors (Lipinski definition) is 1. The molecule has 0 amide bonds. The van der Waals surface area contributed by atoms with Gasteiger partial charge >= 0.3 is 0 Å². The van der Waals surface area contributed by atoms with Crippen molar-refractivity contribution in [1.29, 1.82) is 0 Å². The summed E-state index contributed by atoms with van der Waals surface area (Å²) in [5.74, 6) is 0.0488. The van der Waals surface area contributed by atoms with E-state index >= 15 is 0 Å². The van der Waals surface area contributed by atoms with Crippen LogP contribution in [0.25, 0.3) is 0 Å². The lowest BCUT2D eigenvalue weighted by Gasteiger charge is -2.28. The van der Waals surface area contributed by atoms with Gasteiger partial charge in [0.1, 0.15) is 5.82 Å². The third-order valence-electron chi connectivity index (χ3n) is 3.13. The second kappa shape index (κ2) is 7.05. The molecular formula is C14H22ClFN2. The molecule has 102 valence electrons. The predicted octanol–water partition coefficient (Wildman–Crippen LogP) is 4.00. The summed E-state index contributed by atoms with van der Waals surface area (Å²) in [6, 6.07) is 1.53. The summed E-state index contributed by atoms with van der Waals surface area (Å²) < 4.78 is 14.0. The van der Waals surface area contributed by atoms with E-state index in [9.17, 15) is 4.39 Å². The van der Waals surface area contributed by atoms with Crippen LogP contribution in [0.2, 0.25) is 5.02 Å². The van der Waals surface area contributed by atoms with Gasteiger partial charge in [-0.05, 0) is 31.9 Å². The molecule has 2 nitrogen and oxygen atoms in total. The number of rotatable bonds is 6. The molecule has 0 spiro atoms. The number of hydrogen-bond acceptors (Lipinski definition) is 2. The molecule has 2 atom stereocenters. The fourth-order valence-corrected chi connectivity index (χ4v) is 2.44. The highest BCUT2D eigenvalue weighted by atomic mass is 35.5. The van der Waals surface area contributed by atoms with E-state index in [2.05, 4.69) is 38.0 Å². The standard InChI is InChI=1S/C14H22ClFN2/c1-5-6-17-10(4)13(9(2)3)14-12(16)7-11(15)8-18-14/h7-10,13,17H,5-6H2,1-4H3. The average molecular weight is 273 g/mol. The molecule has 0 saturated heterocycles. The van der Waals surface area contributed by atoms with Crippen molar-refractivity contribution in [3.05, 3.63) is 28.8 Å². The van der Waals surface area contributed by atoms with Crippen molar-refractivity contribution in [2.24, 2.45) is 5.92 Å². The first-order chi connectivity index (χ1) is 8.47. The minimum atomic E-state index is -0.314.